The molecule has 4 heteroatoms. The molecule has 19 heavy (non-hydrogen) atoms. The van der Waals surface area contributed by atoms with Crippen LogP contribution in [0.1, 0.15) is 23.7 Å². The average Bonchev–Trinajstić information content (AvgIpc) is 2.38. The number of rotatable bonds is 2. The number of nitrogens with one attached hydrogen (secondary N) is 1. The summed E-state index contributed by atoms with van der Waals surface area (Å²) in [6.07, 6.45) is 0.817. The Bertz CT molecular complexity index is 724. The number of phenols is 1. The second-order valence-corrected chi connectivity index (χ2v) is 4.39. The van der Waals surface area contributed by atoms with Crippen LogP contribution in [0.25, 0.3) is 11.1 Å². The topological polar surface area (TPSA) is 76.9 Å². The van der Waals surface area contributed by atoms with E-state index in [2.05, 4.69) is 4.98 Å². The van der Waals surface area contributed by atoms with E-state index in [0.717, 1.165) is 12.0 Å². The number of H-pyrrole nitrogens is 1. The lowest BCUT2D eigenvalue weighted by atomic mass is 9.97. The number of nitrogens with zero attached hydrogens (tertiary/aromatic N) is 1. The summed E-state index contributed by atoms with van der Waals surface area (Å²) in [4.78, 5) is 14.4. The zero-order valence-electron chi connectivity index (χ0n) is 10.8. The van der Waals surface area contributed by atoms with Crippen molar-refractivity contribution in [3.63, 3.8) is 0 Å². The monoisotopic (exact) mass is 254 g/mol. The molecule has 0 radical (unpaired) electrons. The van der Waals surface area contributed by atoms with Crippen LogP contribution in [-0.2, 0) is 6.42 Å². The van der Waals surface area contributed by atoms with Crippen molar-refractivity contribution in [2.45, 2.75) is 20.3 Å². The highest BCUT2D eigenvalue weighted by atomic mass is 16.3. The number of aromatic hydroxyl groups is 1. The van der Waals surface area contributed by atoms with Gasteiger partial charge < -0.3 is 10.1 Å². The molecule has 0 saturated carbocycles. The summed E-state index contributed by atoms with van der Waals surface area (Å²) in [5.41, 5.74) is 2.27. The van der Waals surface area contributed by atoms with E-state index >= 15 is 0 Å². The van der Waals surface area contributed by atoms with Gasteiger partial charge in [-0.25, -0.2) is 0 Å². The SMILES string of the molecule is CCc1ccc(O)c(-c2cc(C)[nH]c(=O)c2C#N)c1. The predicted molar refractivity (Wildman–Crippen MR) is 73.0 cm³/mol. The number of aromatic nitrogens is 1. The lowest BCUT2D eigenvalue weighted by Gasteiger charge is -2.09. The molecule has 1 heterocycles. The van der Waals surface area contributed by atoms with Gasteiger partial charge in [0.15, 0.2) is 0 Å². The Kier molecular flexibility index (Phi) is 3.39. The Labute approximate surface area is 111 Å². The number of aryl methyl sites for hydroxylation is 2. The number of nitriles is 1. The lowest BCUT2D eigenvalue weighted by Crippen LogP contribution is -2.12. The van der Waals surface area contributed by atoms with Gasteiger partial charge in [-0.15, -0.1) is 0 Å². The minimum Gasteiger partial charge on any atom is -0.507 e. The van der Waals surface area contributed by atoms with Crippen molar-refractivity contribution in [3.8, 4) is 22.9 Å². The molecule has 1 aromatic carbocycles. The molecular weight excluding hydrogens is 240 g/mol. The summed E-state index contributed by atoms with van der Waals surface area (Å²) in [6.45, 7) is 3.75. The first kappa shape index (κ1) is 12.9. The van der Waals surface area contributed by atoms with Gasteiger partial charge in [-0.2, -0.15) is 5.26 Å². The maximum absolute atomic E-state index is 11.8. The molecule has 0 bridgehead atoms. The van der Waals surface area contributed by atoms with Crippen LogP contribution in [0.15, 0.2) is 29.1 Å². The van der Waals surface area contributed by atoms with E-state index in [9.17, 15) is 9.90 Å². The molecule has 2 rings (SSSR count). The van der Waals surface area contributed by atoms with Gasteiger partial charge in [0.1, 0.15) is 17.4 Å². The van der Waals surface area contributed by atoms with E-state index in [1.54, 1.807) is 19.1 Å². The molecule has 0 aliphatic carbocycles. The number of aromatic amines is 1. The largest absolute Gasteiger partial charge is 0.507 e. The highest BCUT2D eigenvalue weighted by molar-refractivity contribution is 5.75. The number of phenolic OH excluding ortho intramolecular Hbond substituents is 1. The lowest BCUT2D eigenvalue weighted by molar-refractivity contribution is 0.477. The standard InChI is InChI=1S/C15H14N2O2/c1-3-10-4-5-14(18)12(7-10)11-6-9(2)17-15(19)13(11)8-16/h4-7,18H,3H2,1-2H3,(H,17,19). The summed E-state index contributed by atoms with van der Waals surface area (Å²) in [7, 11) is 0. The molecule has 0 aliphatic rings. The van der Waals surface area contributed by atoms with Crippen molar-refractivity contribution < 1.29 is 5.11 Å². The first-order valence-corrected chi connectivity index (χ1v) is 6.03. The summed E-state index contributed by atoms with van der Waals surface area (Å²) in [6, 6.07) is 8.83. The molecule has 0 unspecified atom stereocenters. The Balaban J connectivity index is 2.79. The molecular formula is C15H14N2O2. The summed E-state index contributed by atoms with van der Waals surface area (Å²) >= 11 is 0. The number of pyridine rings is 1. The van der Waals surface area contributed by atoms with Crippen molar-refractivity contribution in [1.82, 2.24) is 4.98 Å². The molecule has 0 saturated heterocycles. The first-order valence-electron chi connectivity index (χ1n) is 6.03. The van der Waals surface area contributed by atoms with E-state index in [1.807, 2.05) is 25.1 Å². The van der Waals surface area contributed by atoms with Crippen LogP contribution in [0.3, 0.4) is 0 Å². The number of hydrogen-bond donors (Lipinski definition) is 2. The van der Waals surface area contributed by atoms with Crippen LogP contribution >= 0.6 is 0 Å². The van der Waals surface area contributed by atoms with E-state index < -0.39 is 5.56 Å². The van der Waals surface area contributed by atoms with Crippen molar-refractivity contribution in [2.24, 2.45) is 0 Å². The summed E-state index contributed by atoms with van der Waals surface area (Å²) < 4.78 is 0. The molecule has 4 nitrogen and oxygen atoms in total. The van der Waals surface area contributed by atoms with E-state index in [1.165, 1.54) is 0 Å². The van der Waals surface area contributed by atoms with Gasteiger partial charge in [0.05, 0.1) is 0 Å². The third-order valence-corrected chi connectivity index (χ3v) is 3.04. The smallest absolute Gasteiger partial charge is 0.266 e. The van der Waals surface area contributed by atoms with Crippen LogP contribution in [0.2, 0.25) is 0 Å². The van der Waals surface area contributed by atoms with Crippen LogP contribution in [-0.4, -0.2) is 10.1 Å². The van der Waals surface area contributed by atoms with Crippen molar-refractivity contribution in [3.05, 3.63) is 51.4 Å². The van der Waals surface area contributed by atoms with E-state index in [0.29, 0.717) is 16.8 Å². The molecule has 0 fully saturated rings. The van der Waals surface area contributed by atoms with Crippen LogP contribution in [0.4, 0.5) is 0 Å². The summed E-state index contributed by atoms with van der Waals surface area (Å²) in [5.74, 6) is 0.0682. The van der Waals surface area contributed by atoms with Crippen molar-refractivity contribution in [1.29, 1.82) is 5.26 Å². The minimum absolute atomic E-state index is 0.0224. The second-order valence-electron chi connectivity index (χ2n) is 4.39. The molecule has 0 atom stereocenters. The van der Waals surface area contributed by atoms with Crippen molar-refractivity contribution >= 4 is 0 Å². The van der Waals surface area contributed by atoms with Gasteiger partial charge in [-0.1, -0.05) is 13.0 Å². The molecule has 96 valence electrons. The fourth-order valence-electron chi connectivity index (χ4n) is 2.03. The van der Waals surface area contributed by atoms with Crippen LogP contribution < -0.4 is 5.56 Å². The molecule has 1 aromatic heterocycles. The minimum atomic E-state index is -0.432. The first-order chi connectivity index (χ1) is 9.06. The van der Waals surface area contributed by atoms with E-state index in [4.69, 9.17) is 5.26 Å². The van der Waals surface area contributed by atoms with Gasteiger partial charge in [0.25, 0.3) is 5.56 Å². The Morgan fingerprint density at radius 1 is 1.32 bits per heavy atom. The third kappa shape index (κ3) is 2.36. The Morgan fingerprint density at radius 2 is 2.05 bits per heavy atom. The fraction of sp³-hybridized carbons (Fsp3) is 0.200. The van der Waals surface area contributed by atoms with Gasteiger partial charge in [0.2, 0.25) is 0 Å². The molecule has 0 spiro atoms. The van der Waals surface area contributed by atoms with Crippen molar-refractivity contribution in [2.75, 3.05) is 0 Å². The quantitative estimate of drug-likeness (QED) is 0.864. The Hall–Kier alpha value is -2.54. The average molecular weight is 254 g/mol. The predicted octanol–water partition coefficient (Wildman–Crippen LogP) is 2.49. The van der Waals surface area contributed by atoms with E-state index in [-0.39, 0.29) is 11.3 Å². The zero-order valence-corrected chi connectivity index (χ0v) is 10.8. The maximum atomic E-state index is 11.8. The Morgan fingerprint density at radius 3 is 2.68 bits per heavy atom. The molecule has 2 N–H and O–H groups in total. The second kappa shape index (κ2) is 4.99. The normalized spacial score (nSPS) is 10.2. The molecule has 2 aromatic rings. The summed E-state index contributed by atoms with van der Waals surface area (Å²) in [5, 5.41) is 19.1. The third-order valence-electron chi connectivity index (χ3n) is 3.04. The van der Waals surface area contributed by atoms with Gasteiger partial charge in [-0.3, -0.25) is 4.79 Å². The molecule has 0 amide bonds. The van der Waals surface area contributed by atoms with Gasteiger partial charge >= 0.3 is 0 Å². The van der Waals surface area contributed by atoms with Crippen LogP contribution in [0.5, 0.6) is 5.75 Å². The maximum Gasteiger partial charge on any atom is 0.266 e. The van der Waals surface area contributed by atoms with Crippen LogP contribution in [0, 0.1) is 18.3 Å². The molecule has 0 aliphatic heterocycles. The zero-order chi connectivity index (χ0) is 14.0. The highest BCUT2D eigenvalue weighted by Gasteiger charge is 2.13. The number of benzene rings is 1. The van der Waals surface area contributed by atoms with Gasteiger partial charge in [-0.05, 0) is 37.1 Å². The van der Waals surface area contributed by atoms with Gasteiger partial charge in [0, 0.05) is 16.8 Å². The number of hydrogen-bond acceptors (Lipinski definition) is 3. The fourth-order valence-corrected chi connectivity index (χ4v) is 2.03. The highest BCUT2D eigenvalue weighted by Crippen LogP contribution is 2.31.